The third-order valence-electron chi connectivity index (χ3n) is 3.17. The number of para-hydroxylation sites is 1. The van der Waals surface area contributed by atoms with E-state index in [1.54, 1.807) is 6.08 Å². The van der Waals surface area contributed by atoms with Crippen LogP contribution in [0.3, 0.4) is 0 Å². The van der Waals surface area contributed by atoms with Crippen molar-refractivity contribution in [3.8, 4) is 5.75 Å². The minimum atomic E-state index is -0.514. The second kappa shape index (κ2) is 7.06. The monoisotopic (exact) mass is 339 g/mol. The van der Waals surface area contributed by atoms with E-state index < -0.39 is 11.9 Å². The van der Waals surface area contributed by atoms with Gasteiger partial charge in [-0.05, 0) is 42.5 Å². The normalized spacial score (nSPS) is 10.9. The number of esters is 2. The van der Waals surface area contributed by atoms with Gasteiger partial charge in [0.1, 0.15) is 10.8 Å². The highest BCUT2D eigenvalue weighted by Crippen LogP contribution is 2.22. The summed E-state index contributed by atoms with van der Waals surface area (Å²) in [6.07, 6.45) is 2.95. The topological polar surface area (TPSA) is 65.5 Å². The van der Waals surface area contributed by atoms with E-state index in [0.29, 0.717) is 11.3 Å². The highest BCUT2D eigenvalue weighted by Gasteiger charge is 2.07. The van der Waals surface area contributed by atoms with Gasteiger partial charge in [0.25, 0.3) is 0 Å². The van der Waals surface area contributed by atoms with E-state index in [2.05, 4.69) is 9.72 Å². The van der Waals surface area contributed by atoms with Crippen LogP contribution >= 0.6 is 11.3 Å². The standard InChI is InChI=1S/C18H13NO4S/c1-22-18(21)12-6-8-13(9-7-12)23-17(20)11-10-16-19-14-4-2-3-5-15(14)24-16/h2-11H,1H3/b11-10+. The van der Waals surface area contributed by atoms with E-state index in [1.165, 1.54) is 48.8 Å². The lowest BCUT2D eigenvalue weighted by atomic mass is 10.2. The molecule has 0 fully saturated rings. The molecule has 0 atom stereocenters. The first-order valence-electron chi connectivity index (χ1n) is 7.09. The quantitative estimate of drug-likeness (QED) is 0.412. The summed E-state index contributed by atoms with van der Waals surface area (Å²) >= 11 is 1.50. The summed E-state index contributed by atoms with van der Waals surface area (Å²) in [5.74, 6) is -0.606. The van der Waals surface area contributed by atoms with E-state index >= 15 is 0 Å². The van der Waals surface area contributed by atoms with Crippen molar-refractivity contribution in [2.24, 2.45) is 0 Å². The minimum absolute atomic E-state index is 0.349. The molecule has 3 aromatic rings. The summed E-state index contributed by atoms with van der Waals surface area (Å²) in [6.45, 7) is 0. The van der Waals surface area contributed by atoms with Crippen LogP contribution in [-0.4, -0.2) is 24.0 Å². The lowest BCUT2D eigenvalue weighted by Gasteiger charge is -2.02. The Hall–Kier alpha value is -2.99. The number of carbonyl (C=O) groups is 2. The Balaban J connectivity index is 1.65. The van der Waals surface area contributed by atoms with Gasteiger partial charge in [-0.3, -0.25) is 0 Å². The molecule has 1 aromatic heterocycles. The lowest BCUT2D eigenvalue weighted by Crippen LogP contribution is -2.05. The molecule has 3 rings (SSSR count). The molecule has 0 saturated carbocycles. The Morgan fingerprint density at radius 2 is 1.83 bits per heavy atom. The van der Waals surface area contributed by atoms with E-state index in [-0.39, 0.29) is 0 Å². The molecule has 0 aliphatic carbocycles. The third-order valence-corrected chi connectivity index (χ3v) is 4.17. The van der Waals surface area contributed by atoms with E-state index in [9.17, 15) is 9.59 Å². The summed E-state index contributed by atoms with van der Waals surface area (Å²) in [7, 11) is 1.31. The van der Waals surface area contributed by atoms with Crippen molar-refractivity contribution in [2.45, 2.75) is 0 Å². The molecule has 2 aromatic carbocycles. The summed E-state index contributed by atoms with van der Waals surface area (Å²) in [5, 5.41) is 0.731. The fourth-order valence-electron chi connectivity index (χ4n) is 2.03. The zero-order valence-corrected chi connectivity index (χ0v) is 13.6. The Bertz CT molecular complexity index is 879. The number of fused-ring (bicyclic) bond motifs is 1. The molecule has 5 nitrogen and oxygen atoms in total. The van der Waals surface area contributed by atoms with Crippen molar-refractivity contribution in [1.29, 1.82) is 0 Å². The van der Waals surface area contributed by atoms with Crippen LogP contribution in [0.2, 0.25) is 0 Å². The van der Waals surface area contributed by atoms with Crippen LogP contribution in [-0.2, 0) is 9.53 Å². The van der Waals surface area contributed by atoms with Gasteiger partial charge in [-0.25, -0.2) is 14.6 Å². The molecule has 1 heterocycles. The predicted molar refractivity (Wildman–Crippen MR) is 92.1 cm³/mol. The van der Waals surface area contributed by atoms with Crippen molar-refractivity contribution in [1.82, 2.24) is 4.98 Å². The van der Waals surface area contributed by atoms with Gasteiger partial charge in [-0.1, -0.05) is 12.1 Å². The first-order chi connectivity index (χ1) is 11.7. The first-order valence-corrected chi connectivity index (χ1v) is 7.91. The van der Waals surface area contributed by atoms with Crippen molar-refractivity contribution in [3.05, 3.63) is 65.2 Å². The molecule has 0 aliphatic heterocycles. The average molecular weight is 339 g/mol. The molecule has 120 valence electrons. The maximum Gasteiger partial charge on any atom is 0.337 e. The number of carbonyl (C=O) groups excluding carboxylic acids is 2. The Morgan fingerprint density at radius 3 is 2.54 bits per heavy atom. The second-order valence-corrected chi connectivity index (χ2v) is 5.85. The SMILES string of the molecule is COC(=O)c1ccc(OC(=O)/C=C/c2nc3ccccc3s2)cc1. The van der Waals surface area contributed by atoms with Crippen molar-refractivity contribution in [2.75, 3.05) is 7.11 Å². The minimum Gasteiger partial charge on any atom is -0.465 e. The molecular weight excluding hydrogens is 326 g/mol. The van der Waals surface area contributed by atoms with Gasteiger partial charge in [-0.2, -0.15) is 0 Å². The number of methoxy groups -OCH3 is 1. The van der Waals surface area contributed by atoms with Gasteiger partial charge in [0.15, 0.2) is 0 Å². The van der Waals surface area contributed by atoms with Crippen LogP contribution in [0.15, 0.2) is 54.6 Å². The highest BCUT2D eigenvalue weighted by molar-refractivity contribution is 7.19. The molecule has 24 heavy (non-hydrogen) atoms. The maximum absolute atomic E-state index is 11.9. The smallest absolute Gasteiger partial charge is 0.337 e. The molecule has 0 N–H and O–H groups in total. The zero-order valence-electron chi connectivity index (χ0n) is 12.8. The first kappa shape index (κ1) is 15.9. The molecule has 0 bridgehead atoms. The number of hydrogen-bond donors (Lipinski definition) is 0. The van der Waals surface area contributed by atoms with E-state index in [0.717, 1.165) is 15.2 Å². The van der Waals surface area contributed by atoms with E-state index in [4.69, 9.17) is 4.74 Å². The maximum atomic E-state index is 11.9. The number of hydrogen-bond acceptors (Lipinski definition) is 6. The van der Waals surface area contributed by atoms with Crippen LogP contribution in [0.25, 0.3) is 16.3 Å². The number of benzene rings is 2. The molecule has 0 aliphatic rings. The van der Waals surface area contributed by atoms with Gasteiger partial charge in [0, 0.05) is 6.08 Å². The summed E-state index contributed by atoms with van der Waals surface area (Å²) in [6, 6.07) is 13.9. The fraction of sp³-hybridized carbons (Fsp3) is 0.0556. The molecular formula is C18H13NO4S. The van der Waals surface area contributed by atoms with Gasteiger partial charge in [0.05, 0.1) is 22.9 Å². The zero-order chi connectivity index (χ0) is 16.9. The number of ether oxygens (including phenoxy) is 2. The number of aromatic nitrogens is 1. The van der Waals surface area contributed by atoms with Crippen LogP contribution in [0.1, 0.15) is 15.4 Å². The Kier molecular flexibility index (Phi) is 4.67. The highest BCUT2D eigenvalue weighted by atomic mass is 32.1. The number of rotatable bonds is 4. The number of thiazole rings is 1. The lowest BCUT2D eigenvalue weighted by molar-refractivity contribution is -0.128. The molecule has 0 spiro atoms. The molecule has 0 amide bonds. The molecule has 0 unspecified atom stereocenters. The second-order valence-electron chi connectivity index (χ2n) is 4.79. The van der Waals surface area contributed by atoms with Crippen LogP contribution in [0.4, 0.5) is 0 Å². The fourth-order valence-corrected chi connectivity index (χ4v) is 2.90. The predicted octanol–water partition coefficient (Wildman–Crippen LogP) is 3.70. The van der Waals surface area contributed by atoms with Crippen molar-refractivity contribution < 1.29 is 19.1 Å². The summed E-state index contributed by atoms with van der Waals surface area (Å²) in [5.41, 5.74) is 1.29. The Morgan fingerprint density at radius 1 is 1.08 bits per heavy atom. The van der Waals surface area contributed by atoms with Gasteiger partial charge in [-0.15, -0.1) is 11.3 Å². The van der Waals surface area contributed by atoms with Crippen LogP contribution in [0.5, 0.6) is 5.75 Å². The van der Waals surface area contributed by atoms with Gasteiger partial charge in [0.2, 0.25) is 0 Å². The summed E-state index contributed by atoms with van der Waals surface area (Å²) in [4.78, 5) is 27.6. The number of nitrogens with zero attached hydrogens (tertiary/aromatic N) is 1. The third kappa shape index (κ3) is 3.67. The average Bonchev–Trinajstić information content (AvgIpc) is 3.03. The van der Waals surface area contributed by atoms with Crippen LogP contribution in [0, 0.1) is 0 Å². The summed E-state index contributed by atoms with van der Waals surface area (Å²) < 4.78 is 10.8. The van der Waals surface area contributed by atoms with Crippen molar-refractivity contribution in [3.63, 3.8) is 0 Å². The largest absolute Gasteiger partial charge is 0.465 e. The Labute approximate surface area is 142 Å². The van der Waals surface area contributed by atoms with Gasteiger partial charge >= 0.3 is 11.9 Å². The van der Waals surface area contributed by atoms with E-state index in [1.807, 2.05) is 24.3 Å². The van der Waals surface area contributed by atoms with Crippen LogP contribution < -0.4 is 4.74 Å². The molecule has 6 heteroatoms. The van der Waals surface area contributed by atoms with Crippen molar-refractivity contribution >= 4 is 39.6 Å². The van der Waals surface area contributed by atoms with Gasteiger partial charge < -0.3 is 9.47 Å². The molecule has 0 radical (unpaired) electrons. The molecule has 0 saturated heterocycles.